The molecule has 0 bridgehead atoms. The number of benzene rings is 1. The van der Waals surface area contributed by atoms with Crippen molar-refractivity contribution in [1.29, 1.82) is 0 Å². The maximum atomic E-state index is 12.6. The van der Waals surface area contributed by atoms with Gasteiger partial charge in [-0.05, 0) is 56.9 Å². The third-order valence-electron chi connectivity index (χ3n) is 4.77. The molecule has 3 rings (SSSR count). The Balaban J connectivity index is 2.09. The first-order valence-electron chi connectivity index (χ1n) is 9.61. The zero-order valence-electron chi connectivity index (χ0n) is 17.6. The van der Waals surface area contributed by atoms with Gasteiger partial charge in [-0.25, -0.2) is 9.97 Å². The molecule has 2 aromatic heterocycles. The van der Waals surface area contributed by atoms with E-state index in [0.717, 1.165) is 27.3 Å². The number of carbonyl (C=O) groups is 1. The van der Waals surface area contributed by atoms with E-state index in [1.807, 2.05) is 34.7 Å². The number of rotatable bonds is 5. The van der Waals surface area contributed by atoms with Crippen molar-refractivity contribution in [2.24, 2.45) is 0 Å². The van der Waals surface area contributed by atoms with E-state index in [2.05, 4.69) is 53.3 Å². The summed E-state index contributed by atoms with van der Waals surface area (Å²) in [5.41, 5.74) is 3.29. The van der Waals surface area contributed by atoms with Gasteiger partial charge in [-0.15, -0.1) is 11.3 Å². The van der Waals surface area contributed by atoms with Crippen LogP contribution in [0.3, 0.4) is 0 Å². The third kappa shape index (κ3) is 3.87. The fraction of sp³-hybridized carbons (Fsp3) is 0.409. The highest BCUT2D eigenvalue weighted by atomic mass is 32.1. The molecular formula is C22H28N4OS. The van der Waals surface area contributed by atoms with Gasteiger partial charge in [0.15, 0.2) is 0 Å². The molecule has 3 aromatic rings. The van der Waals surface area contributed by atoms with Gasteiger partial charge in [0.1, 0.15) is 16.5 Å². The van der Waals surface area contributed by atoms with Gasteiger partial charge in [0.2, 0.25) is 0 Å². The van der Waals surface area contributed by atoms with Crippen LogP contribution in [0.25, 0.3) is 10.2 Å². The van der Waals surface area contributed by atoms with Crippen molar-refractivity contribution in [3.8, 4) is 0 Å². The Morgan fingerprint density at radius 1 is 1.07 bits per heavy atom. The van der Waals surface area contributed by atoms with E-state index in [0.29, 0.717) is 16.6 Å². The first-order chi connectivity index (χ1) is 13.2. The largest absolute Gasteiger partial charge is 0.349 e. The summed E-state index contributed by atoms with van der Waals surface area (Å²) in [6, 6.07) is 8.64. The van der Waals surface area contributed by atoms with Crippen LogP contribution in [-0.4, -0.2) is 29.0 Å². The van der Waals surface area contributed by atoms with Crippen molar-refractivity contribution in [1.82, 2.24) is 15.3 Å². The minimum Gasteiger partial charge on any atom is -0.349 e. The Morgan fingerprint density at radius 3 is 2.29 bits per heavy atom. The Labute approximate surface area is 170 Å². The number of fused-ring (bicyclic) bond motifs is 1. The van der Waals surface area contributed by atoms with Gasteiger partial charge in [-0.1, -0.05) is 26.0 Å². The van der Waals surface area contributed by atoms with Gasteiger partial charge < -0.3 is 10.2 Å². The molecule has 0 aliphatic carbocycles. The predicted octanol–water partition coefficient (Wildman–Crippen LogP) is 5.34. The van der Waals surface area contributed by atoms with E-state index in [4.69, 9.17) is 4.98 Å². The van der Waals surface area contributed by atoms with Crippen molar-refractivity contribution in [2.75, 3.05) is 11.9 Å². The summed E-state index contributed by atoms with van der Waals surface area (Å²) in [5.74, 6) is 1.97. The third-order valence-corrected chi connectivity index (χ3v) is 5.96. The molecule has 0 aliphatic heterocycles. The predicted molar refractivity (Wildman–Crippen MR) is 118 cm³/mol. The second-order valence-corrected chi connectivity index (χ2v) is 8.76. The number of hydrogen-bond donors (Lipinski definition) is 1. The van der Waals surface area contributed by atoms with E-state index < -0.39 is 0 Å². The van der Waals surface area contributed by atoms with Crippen LogP contribution in [0.2, 0.25) is 0 Å². The lowest BCUT2D eigenvalue weighted by Crippen LogP contribution is -2.29. The molecule has 0 atom stereocenters. The number of hydrogen-bond acceptors (Lipinski definition) is 5. The summed E-state index contributed by atoms with van der Waals surface area (Å²) in [6.45, 7) is 12.2. The summed E-state index contributed by atoms with van der Waals surface area (Å²) < 4.78 is 0. The lowest BCUT2D eigenvalue weighted by atomic mass is 10.0. The molecule has 0 saturated carbocycles. The molecule has 0 fully saturated rings. The molecule has 1 N–H and O–H groups in total. The Bertz CT molecular complexity index is 1010. The van der Waals surface area contributed by atoms with Gasteiger partial charge in [-0.3, -0.25) is 4.79 Å². The molecule has 0 radical (unpaired) electrons. The standard InChI is InChI=1S/C22H28N4OS/c1-12(2)16-8-10-17(11-9-16)26(7)20-18-14(5)19(21(27)23-13(3)4)28-22(18)25-15(6)24-20/h8-13H,1-7H3,(H,23,27). The first-order valence-corrected chi connectivity index (χ1v) is 10.4. The van der Waals surface area contributed by atoms with Gasteiger partial charge in [-0.2, -0.15) is 0 Å². The maximum Gasteiger partial charge on any atom is 0.261 e. The zero-order valence-corrected chi connectivity index (χ0v) is 18.4. The Kier molecular flexibility index (Phi) is 5.70. The molecule has 0 saturated heterocycles. The average molecular weight is 397 g/mol. The Hall–Kier alpha value is -2.47. The highest BCUT2D eigenvalue weighted by Crippen LogP contribution is 2.37. The fourth-order valence-electron chi connectivity index (χ4n) is 3.21. The molecule has 148 valence electrons. The summed E-state index contributed by atoms with van der Waals surface area (Å²) in [4.78, 5) is 25.6. The van der Waals surface area contributed by atoms with E-state index in [-0.39, 0.29) is 11.9 Å². The molecule has 2 heterocycles. The summed E-state index contributed by atoms with van der Waals surface area (Å²) in [5, 5.41) is 3.93. The van der Waals surface area contributed by atoms with Crippen molar-refractivity contribution >= 4 is 39.0 Å². The van der Waals surface area contributed by atoms with E-state index >= 15 is 0 Å². The molecule has 6 heteroatoms. The summed E-state index contributed by atoms with van der Waals surface area (Å²) in [6.07, 6.45) is 0. The van der Waals surface area contributed by atoms with E-state index in [1.54, 1.807) is 0 Å². The smallest absolute Gasteiger partial charge is 0.261 e. The lowest BCUT2D eigenvalue weighted by molar-refractivity contribution is 0.0947. The fourth-order valence-corrected chi connectivity index (χ4v) is 4.34. The normalized spacial score (nSPS) is 11.5. The number of nitrogens with one attached hydrogen (secondary N) is 1. The molecule has 28 heavy (non-hydrogen) atoms. The zero-order chi connectivity index (χ0) is 20.6. The molecule has 0 aliphatic rings. The van der Waals surface area contributed by atoms with Crippen LogP contribution in [0, 0.1) is 13.8 Å². The van der Waals surface area contributed by atoms with E-state index in [9.17, 15) is 4.79 Å². The number of thiophene rings is 1. The molecule has 0 spiro atoms. The second kappa shape index (κ2) is 7.87. The highest BCUT2D eigenvalue weighted by molar-refractivity contribution is 7.20. The van der Waals surface area contributed by atoms with Crippen LogP contribution in [0.1, 0.15) is 60.2 Å². The van der Waals surface area contributed by atoms with Crippen molar-refractivity contribution < 1.29 is 4.79 Å². The number of aromatic nitrogens is 2. The lowest BCUT2D eigenvalue weighted by Gasteiger charge is -2.20. The molecule has 1 amide bonds. The minimum atomic E-state index is -0.0527. The van der Waals surface area contributed by atoms with Crippen LogP contribution >= 0.6 is 11.3 Å². The van der Waals surface area contributed by atoms with Gasteiger partial charge in [0.25, 0.3) is 5.91 Å². The monoisotopic (exact) mass is 396 g/mol. The number of anilines is 2. The second-order valence-electron chi connectivity index (χ2n) is 7.76. The maximum absolute atomic E-state index is 12.6. The molecule has 1 aromatic carbocycles. The van der Waals surface area contributed by atoms with Crippen molar-refractivity contribution in [3.63, 3.8) is 0 Å². The molecular weight excluding hydrogens is 368 g/mol. The topological polar surface area (TPSA) is 58.1 Å². The van der Waals surface area contributed by atoms with Crippen LogP contribution in [0.5, 0.6) is 0 Å². The highest BCUT2D eigenvalue weighted by Gasteiger charge is 2.22. The van der Waals surface area contributed by atoms with Gasteiger partial charge in [0, 0.05) is 18.8 Å². The SMILES string of the molecule is Cc1nc(N(C)c2ccc(C(C)C)cc2)c2c(C)c(C(=O)NC(C)C)sc2n1. The molecule has 0 unspecified atom stereocenters. The summed E-state index contributed by atoms with van der Waals surface area (Å²) >= 11 is 1.43. The minimum absolute atomic E-state index is 0.0527. The van der Waals surface area contributed by atoms with Crippen LogP contribution in [-0.2, 0) is 0 Å². The van der Waals surface area contributed by atoms with Crippen molar-refractivity contribution in [3.05, 3.63) is 46.1 Å². The van der Waals surface area contributed by atoms with E-state index in [1.165, 1.54) is 16.9 Å². The summed E-state index contributed by atoms with van der Waals surface area (Å²) in [7, 11) is 2.01. The van der Waals surface area contributed by atoms with Crippen LogP contribution in [0.15, 0.2) is 24.3 Å². The van der Waals surface area contributed by atoms with Crippen LogP contribution in [0.4, 0.5) is 11.5 Å². The number of nitrogens with zero attached hydrogens (tertiary/aromatic N) is 3. The van der Waals surface area contributed by atoms with Gasteiger partial charge in [0.05, 0.1) is 10.3 Å². The molecule has 5 nitrogen and oxygen atoms in total. The Morgan fingerprint density at radius 2 is 1.71 bits per heavy atom. The number of aryl methyl sites for hydroxylation is 2. The quantitative estimate of drug-likeness (QED) is 0.633. The van der Waals surface area contributed by atoms with Gasteiger partial charge >= 0.3 is 0 Å². The average Bonchev–Trinajstić information content (AvgIpc) is 2.96. The first kappa shape index (κ1) is 20.3. The van der Waals surface area contributed by atoms with Crippen molar-refractivity contribution in [2.45, 2.75) is 53.5 Å². The van der Waals surface area contributed by atoms with Crippen LogP contribution < -0.4 is 10.2 Å². The number of carbonyl (C=O) groups excluding carboxylic acids is 1. The number of amides is 1.